The van der Waals surface area contributed by atoms with Crippen LogP contribution in [0.25, 0.3) is 0 Å². The van der Waals surface area contributed by atoms with Crippen LogP contribution in [0.3, 0.4) is 0 Å². The van der Waals surface area contributed by atoms with Crippen molar-refractivity contribution >= 4 is 15.9 Å². The molecule has 0 fully saturated rings. The van der Waals surface area contributed by atoms with Crippen LogP contribution in [0.15, 0.2) is 22.7 Å². The van der Waals surface area contributed by atoms with E-state index in [1.165, 1.54) is 18.4 Å². The zero-order chi connectivity index (χ0) is 12.7. The van der Waals surface area contributed by atoms with Crippen molar-refractivity contribution in [2.24, 2.45) is 5.92 Å². The first kappa shape index (κ1) is 14.5. The van der Waals surface area contributed by atoms with Gasteiger partial charge in [0.05, 0.1) is 11.6 Å². The number of hydrogen-bond acceptors (Lipinski definition) is 2. The van der Waals surface area contributed by atoms with Crippen LogP contribution < -0.4 is 10.1 Å². The van der Waals surface area contributed by atoms with Crippen LogP contribution >= 0.6 is 15.9 Å². The van der Waals surface area contributed by atoms with Gasteiger partial charge < -0.3 is 10.1 Å². The Kier molecular flexibility index (Phi) is 6.60. The van der Waals surface area contributed by atoms with Gasteiger partial charge in [0, 0.05) is 6.54 Å². The zero-order valence-corrected chi connectivity index (χ0v) is 12.5. The molecule has 0 amide bonds. The van der Waals surface area contributed by atoms with E-state index in [1.54, 1.807) is 7.11 Å². The highest BCUT2D eigenvalue weighted by Crippen LogP contribution is 2.25. The number of nitrogens with one attached hydrogen (secondary N) is 1. The van der Waals surface area contributed by atoms with Crippen LogP contribution in [-0.2, 0) is 6.54 Å². The molecule has 2 nitrogen and oxygen atoms in total. The first-order valence-corrected chi connectivity index (χ1v) is 7.03. The molecule has 0 heterocycles. The summed E-state index contributed by atoms with van der Waals surface area (Å²) in [6, 6.07) is 6.21. The minimum absolute atomic E-state index is 0.789. The molecule has 0 saturated heterocycles. The average Bonchev–Trinajstić information content (AvgIpc) is 2.35. The molecular weight excluding hydrogens is 278 g/mol. The SMILES string of the molecule is CCC(CC)CNCc1ccc(OC)c(Br)c1. The van der Waals surface area contributed by atoms with Crippen molar-refractivity contribution in [2.75, 3.05) is 13.7 Å². The fourth-order valence-electron chi connectivity index (χ4n) is 1.82. The Morgan fingerprint density at radius 3 is 2.53 bits per heavy atom. The molecule has 96 valence electrons. The molecule has 0 saturated carbocycles. The molecule has 1 aromatic rings. The predicted molar refractivity (Wildman–Crippen MR) is 76.5 cm³/mol. The van der Waals surface area contributed by atoms with Gasteiger partial charge in [0.25, 0.3) is 0 Å². The first-order chi connectivity index (χ1) is 8.21. The van der Waals surface area contributed by atoms with E-state index in [4.69, 9.17) is 4.74 Å². The van der Waals surface area contributed by atoms with E-state index < -0.39 is 0 Å². The molecule has 3 heteroatoms. The van der Waals surface area contributed by atoms with Gasteiger partial charge in [-0.15, -0.1) is 0 Å². The van der Waals surface area contributed by atoms with Gasteiger partial charge >= 0.3 is 0 Å². The van der Waals surface area contributed by atoms with Crippen molar-refractivity contribution in [1.82, 2.24) is 5.32 Å². The number of ether oxygens (including phenoxy) is 1. The van der Waals surface area contributed by atoms with E-state index in [1.807, 2.05) is 6.07 Å². The van der Waals surface area contributed by atoms with Crippen molar-refractivity contribution in [2.45, 2.75) is 33.2 Å². The molecule has 1 aromatic carbocycles. The smallest absolute Gasteiger partial charge is 0.133 e. The third-order valence-corrected chi connectivity index (χ3v) is 3.75. The molecule has 1 N–H and O–H groups in total. The summed E-state index contributed by atoms with van der Waals surface area (Å²) in [4.78, 5) is 0. The second kappa shape index (κ2) is 7.72. The van der Waals surface area contributed by atoms with Gasteiger partial charge in [0.2, 0.25) is 0 Å². The van der Waals surface area contributed by atoms with Crippen LogP contribution in [0.2, 0.25) is 0 Å². The van der Waals surface area contributed by atoms with E-state index in [2.05, 4.69) is 47.2 Å². The van der Waals surface area contributed by atoms with Crippen LogP contribution in [0.4, 0.5) is 0 Å². The van der Waals surface area contributed by atoms with Gasteiger partial charge in [-0.05, 0) is 46.1 Å². The van der Waals surface area contributed by atoms with E-state index in [0.717, 1.165) is 29.2 Å². The van der Waals surface area contributed by atoms with Gasteiger partial charge in [-0.2, -0.15) is 0 Å². The normalized spacial score (nSPS) is 10.9. The molecule has 1 rings (SSSR count). The van der Waals surface area contributed by atoms with Crippen molar-refractivity contribution in [3.63, 3.8) is 0 Å². The summed E-state index contributed by atoms with van der Waals surface area (Å²) in [7, 11) is 1.69. The molecule has 0 aromatic heterocycles. The Balaban J connectivity index is 2.44. The lowest BCUT2D eigenvalue weighted by Gasteiger charge is -2.13. The maximum atomic E-state index is 5.21. The summed E-state index contributed by atoms with van der Waals surface area (Å²) < 4.78 is 6.23. The lowest BCUT2D eigenvalue weighted by Crippen LogP contribution is -2.21. The van der Waals surface area contributed by atoms with Gasteiger partial charge in [-0.25, -0.2) is 0 Å². The van der Waals surface area contributed by atoms with E-state index in [-0.39, 0.29) is 0 Å². The molecule has 0 radical (unpaired) electrons. The molecule has 0 atom stereocenters. The Morgan fingerprint density at radius 1 is 1.29 bits per heavy atom. The second-order valence-corrected chi connectivity index (χ2v) is 5.14. The highest BCUT2D eigenvalue weighted by molar-refractivity contribution is 9.10. The quantitative estimate of drug-likeness (QED) is 0.822. The summed E-state index contributed by atoms with van der Waals surface area (Å²) >= 11 is 3.50. The van der Waals surface area contributed by atoms with Crippen LogP contribution in [0, 0.1) is 5.92 Å². The predicted octanol–water partition coefficient (Wildman–Crippen LogP) is 3.98. The lowest BCUT2D eigenvalue weighted by molar-refractivity contribution is 0.411. The molecule has 0 bridgehead atoms. The fourth-order valence-corrected chi connectivity index (χ4v) is 2.41. The van der Waals surface area contributed by atoms with Crippen molar-refractivity contribution in [3.8, 4) is 5.75 Å². The summed E-state index contributed by atoms with van der Waals surface area (Å²) in [6.07, 6.45) is 2.49. The highest BCUT2D eigenvalue weighted by atomic mass is 79.9. The standard InChI is InChI=1S/C14H22BrNO/c1-4-11(5-2)9-16-10-12-6-7-14(17-3)13(15)8-12/h6-8,11,16H,4-5,9-10H2,1-3H3. The maximum Gasteiger partial charge on any atom is 0.133 e. The molecule has 0 spiro atoms. The van der Waals surface area contributed by atoms with Gasteiger partial charge in [0.15, 0.2) is 0 Å². The van der Waals surface area contributed by atoms with Gasteiger partial charge in [-0.1, -0.05) is 32.8 Å². The monoisotopic (exact) mass is 299 g/mol. The molecule has 17 heavy (non-hydrogen) atoms. The Morgan fingerprint density at radius 2 is 2.00 bits per heavy atom. The summed E-state index contributed by atoms with van der Waals surface area (Å²) in [5, 5.41) is 3.51. The van der Waals surface area contributed by atoms with Crippen LogP contribution in [-0.4, -0.2) is 13.7 Å². The number of hydrogen-bond donors (Lipinski definition) is 1. The summed E-state index contributed by atoms with van der Waals surface area (Å²) in [5.74, 6) is 1.67. The largest absolute Gasteiger partial charge is 0.496 e. The zero-order valence-electron chi connectivity index (χ0n) is 10.9. The van der Waals surface area contributed by atoms with E-state index >= 15 is 0 Å². The maximum absolute atomic E-state index is 5.21. The molecule has 0 aliphatic carbocycles. The third kappa shape index (κ3) is 4.68. The number of benzene rings is 1. The lowest BCUT2D eigenvalue weighted by atomic mass is 10.0. The fraction of sp³-hybridized carbons (Fsp3) is 0.571. The molecular formula is C14H22BrNO. The summed E-state index contributed by atoms with van der Waals surface area (Å²) in [6.45, 7) is 6.51. The molecule has 0 unspecified atom stereocenters. The number of halogens is 1. The Labute approximate surface area is 113 Å². The van der Waals surface area contributed by atoms with Crippen LogP contribution in [0.5, 0.6) is 5.75 Å². The van der Waals surface area contributed by atoms with Crippen LogP contribution in [0.1, 0.15) is 32.3 Å². The number of rotatable bonds is 7. The van der Waals surface area contributed by atoms with Crippen molar-refractivity contribution in [1.29, 1.82) is 0 Å². The van der Waals surface area contributed by atoms with E-state index in [0.29, 0.717) is 0 Å². The Hall–Kier alpha value is -0.540. The molecule has 0 aliphatic heterocycles. The van der Waals surface area contributed by atoms with Crippen molar-refractivity contribution < 1.29 is 4.74 Å². The molecule has 0 aliphatic rings. The van der Waals surface area contributed by atoms with Gasteiger partial charge in [-0.3, -0.25) is 0 Å². The van der Waals surface area contributed by atoms with E-state index in [9.17, 15) is 0 Å². The minimum atomic E-state index is 0.789. The third-order valence-electron chi connectivity index (χ3n) is 3.13. The van der Waals surface area contributed by atoms with Gasteiger partial charge in [0.1, 0.15) is 5.75 Å². The summed E-state index contributed by atoms with van der Waals surface area (Å²) in [5.41, 5.74) is 1.28. The number of methoxy groups -OCH3 is 1. The first-order valence-electron chi connectivity index (χ1n) is 6.24. The minimum Gasteiger partial charge on any atom is -0.496 e. The topological polar surface area (TPSA) is 21.3 Å². The average molecular weight is 300 g/mol. The Bertz CT molecular complexity index is 337. The second-order valence-electron chi connectivity index (χ2n) is 4.28. The van der Waals surface area contributed by atoms with Crippen molar-refractivity contribution in [3.05, 3.63) is 28.2 Å². The highest BCUT2D eigenvalue weighted by Gasteiger charge is 2.04.